The number of benzene rings is 2. The van der Waals surface area contributed by atoms with E-state index < -0.39 is 17.6 Å². The van der Waals surface area contributed by atoms with Crippen LogP contribution >= 0.6 is 11.3 Å². The van der Waals surface area contributed by atoms with Gasteiger partial charge in [-0.3, -0.25) is 19.3 Å². The molecule has 0 aliphatic carbocycles. The van der Waals surface area contributed by atoms with Gasteiger partial charge in [-0.2, -0.15) is 0 Å². The van der Waals surface area contributed by atoms with Crippen LogP contribution in [0.4, 0.5) is 20.9 Å². The summed E-state index contributed by atoms with van der Waals surface area (Å²) in [5.74, 6) is -1.74. The highest BCUT2D eigenvalue weighted by Crippen LogP contribution is 2.31. The number of aryl methyl sites for hydroxylation is 3. The molecule has 0 aliphatic rings. The molecular formula is C25H25FN4O3S. The number of amides is 3. The third kappa shape index (κ3) is 6.14. The molecule has 3 amide bonds. The van der Waals surface area contributed by atoms with Crippen molar-refractivity contribution < 1.29 is 18.8 Å². The molecule has 34 heavy (non-hydrogen) atoms. The van der Waals surface area contributed by atoms with Gasteiger partial charge >= 0.3 is 0 Å². The van der Waals surface area contributed by atoms with Crippen LogP contribution in [0.1, 0.15) is 29.3 Å². The lowest BCUT2D eigenvalue weighted by molar-refractivity contribution is -0.121. The van der Waals surface area contributed by atoms with Crippen molar-refractivity contribution in [2.24, 2.45) is 0 Å². The van der Waals surface area contributed by atoms with E-state index in [2.05, 4.69) is 15.6 Å². The number of anilines is 3. The van der Waals surface area contributed by atoms with Crippen LogP contribution in [0, 0.1) is 26.6 Å². The summed E-state index contributed by atoms with van der Waals surface area (Å²) in [5, 5.41) is 7.28. The van der Waals surface area contributed by atoms with E-state index in [9.17, 15) is 18.8 Å². The Hall–Kier alpha value is -3.85. The maximum Gasteiger partial charge on any atom is 0.244 e. The van der Waals surface area contributed by atoms with Gasteiger partial charge in [-0.15, -0.1) is 11.3 Å². The molecule has 1 aromatic heterocycles. The van der Waals surface area contributed by atoms with Gasteiger partial charge in [-0.1, -0.05) is 29.8 Å². The maximum absolute atomic E-state index is 14.2. The van der Waals surface area contributed by atoms with Gasteiger partial charge in [0.1, 0.15) is 5.82 Å². The summed E-state index contributed by atoms with van der Waals surface area (Å²) in [6.45, 7) is 6.95. The number of thiazole rings is 1. The monoisotopic (exact) mass is 480 g/mol. The van der Waals surface area contributed by atoms with Crippen LogP contribution in [0.5, 0.6) is 0 Å². The van der Waals surface area contributed by atoms with Gasteiger partial charge in [0, 0.05) is 24.1 Å². The lowest BCUT2D eigenvalue weighted by Crippen LogP contribution is -2.32. The second-order valence-corrected chi connectivity index (χ2v) is 8.57. The SMILES string of the molecule is CC(=O)N(c1nc(/C=C/C(=O)NCC(=O)Nc2c(C)cc(C)cc2C)cs1)c1ccccc1F. The molecule has 9 heteroatoms. The van der Waals surface area contributed by atoms with E-state index in [0.717, 1.165) is 33.7 Å². The molecule has 0 unspecified atom stereocenters. The minimum absolute atomic E-state index is 0.0997. The number of rotatable bonds is 7. The predicted octanol–water partition coefficient (Wildman–Crippen LogP) is 4.66. The van der Waals surface area contributed by atoms with Crippen LogP contribution in [-0.4, -0.2) is 29.3 Å². The van der Waals surface area contributed by atoms with Crippen molar-refractivity contribution in [2.75, 3.05) is 16.8 Å². The summed E-state index contributed by atoms with van der Waals surface area (Å²) < 4.78 is 14.2. The second kappa shape index (κ2) is 10.8. The zero-order valence-electron chi connectivity index (χ0n) is 19.3. The van der Waals surface area contributed by atoms with Crippen LogP contribution in [0.15, 0.2) is 47.9 Å². The highest BCUT2D eigenvalue weighted by molar-refractivity contribution is 7.14. The van der Waals surface area contributed by atoms with E-state index in [1.54, 1.807) is 11.4 Å². The van der Waals surface area contributed by atoms with Crippen LogP contribution in [-0.2, 0) is 14.4 Å². The Bertz CT molecular complexity index is 1250. The molecule has 0 saturated carbocycles. The third-order valence-corrected chi connectivity index (χ3v) is 5.72. The fourth-order valence-electron chi connectivity index (χ4n) is 3.44. The number of halogens is 1. The van der Waals surface area contributed by atoms with Crippen molar-refractivity contribution in [3.8, 4) is 0 Å². The van der Waals surface area contributed by atoms with Gasteiger partial charge in [0.15, 0.2) is 5.13 Å². The first-order chi connectivity index (χ1) is 16.2. The molecule has 3 aromatic rings. The zero-order valence-corrected chi connectivity index (χ0v) is 20.1. The largest absolute Gasteiger partial charge is 0.343 e. The van der Waals surface area contributed by atoms with Gasteiger partial charge < -0.3 is 10.6 Å². The summed E-state index contributed by atoms with van der Waals surface area (Å²) in [5.41, 5.74) is 4.27. The van der Waals surface area contributed by atoms with E-state index in [1.165, 1.54) is 42.2 Å². The molecular weight excluding hydrogens is 455 g/mol. The van der Waals surface area contributed by atoms with Crippen LogP contribution < -0.4 is 15.5 Å². The Morgan fingerprint density at radius 2 is 1.79 bits per heavy atom. The normalized spacial score (nSPS) is 10.9. The Labute approximate surface area is 201 Å². The fraction of sp³-hybridized carbons (Fsp3) is 0.200. The first kappa shape index (κ1) is 24.8. The Kier molecular flexibility index (Phi) is 7.91. The minimum atomic E-state index is -0.543. The number of carbonyl (C=O) groups excluding carboxylic acids is 3. The summed E-state index contributed by atoms with van der Waals surface area (Å²) in [6, 6.07) is 9.88. The smallest absolute Gasteiger partial charge is 0.244 e. The predicted molar refractivity (Wildman–Crippen MR) is 133 cm³/mol. The molecule has 2 N–H and O–H groups in total. The Morgan fingerprint density at radius 1 is 1.12 bits per heavy atom. The average Bonchev–Trinajstić information content (AvgIpc) is 3.23. The quantitative estimate of drug-likeness (QED) is 0.481. The molecule has 0 saturated heterocycles. The molecule has 1 heterocycles. The van der Waals surface area contributed by atoms with E-state index in [1.807, 2.05) is 32.9 Å². The van der Waals surface area contributed by atoms with Crippen LogP contribution in [0.2, 0.25) is 0 Å². The summed E-state index contributed by atoms with van der Waals surface area (Å²) >= 11 is 1.14. The van der Waals surface area contributed by atoms with Gasteiger partial charge in [-0.05, 0) is 50.1 Å². The van der Waals surface area contributed by atoms with Crippen molar-refractivity contribution in [2.45, 2.75) is 27.7 Å². The summed E-state index contributed by atoms with van der Waals surface area (Å²) in [6.07, 6.45) is 2.71. The molecule has 0 spiro atoms. The molecule has 0 atom stereocenters. The number of para-hydroxylation sites is 1. The van der Waals surface area contributed by atoms with Crippen LogP contribution in [0.25, 0.3) is 6.08 Å². The number of hydrogen-bond acceptors (Lipinski definition) is 5. The second-order valence-electron chi connectivity index (χ2n) is 7.73. The summed E-state index contributed by atoms with van der Waals surface area (Å²) in [7, 11) is 0. The van der Waals surface area contributed by atoms with Gasteiger partial charge in [0.2, 0.25) is 17.7 Å². The number of nitrogens with zero attached hydrogens (tertiary/aromatic N) is 2. The Balaban J connectivity index is 1.60. The topological polar surface area (TPSA) is 91.4 Å². The highest BCUT2D eigenvalue weighted by Gasteiger charge is 2.20. The average molecular weight is 481 g/mol. The number of aromatic nitrogens is 1. The van der Waals surface area contributed by atoms with Gasteiger partial charge in [0.25, 0.3) is 0 Å². The molecule has 2 aromatic carbocycles. The molecule has 3 rings (SSSR count). The van der Waals surface area contributed by atoms with Crippen molar-refractivity contribution in [3.63, 3.8) is 0 Å². The van der Waals surface area contributed by atoms with E-state index in [4.69, 9.17) is 0 Å². The highest BCUT2D eigenvalue weighted by atomic mass is 32.1. The molecule has 0 fully saturated rings. The third-order valence-electron chi connectivity index (χ3n) is 4.88. The number of hydrogen-bond donors (Lipinski definition) is 2. The van der Waals surface area contributed by atoms with E-state index >= 15 is 0 Å². The number of nitrogens with one attached hydrogen (secondary N) is 2. The van der Waals surface area contributed by atoms with Crippen molar-refractivity contribution in [1.29, 1.82) is 0 Å². The zero-order chi connectivity index (χ0) is 24.8. The summed E-state index contributed by atoms with van der Waals surface area (Å²) in [4.78, 5) is 42.0. The number of carbonyl (C=O) groups is 3. The van der Waals surface area contributed by atoms with Crippen molar-refractivity contribution in [3.05, 3.63) is 76.1 Å². The lowest BCUT2D eigenvalue weighted by Gasteiger charge is -2.18. The van der Waals surface area contributed by atoms with Gasteiger partial charge in [-0.25, -0.2) is 9.37 Å². The lowest BCUT2D eigenvalue weighted by atomic mass is 10.1. The molecule has 176 valence electrons. The first-order valence-electron chi connectivity index (χ1n) is 10.5. The van der Waals surface area contributed by atoms with Crippen LogP contribution in [0.3, 0.4) is 0 Å². The molecule has 0 bridgehead atoms. The van der Waals surface area contributed by atoms with Crippen molar-refractivity contribution >= 4 is 51.6 Å². The van der Waals surface area contributed by atoms with E-state index in [0.29, 0.717) is 5.69 Å². The Morgan fingerprint density at radius 3 is 2.44 bits per heavy atom. The minimum Gasteiger partial charge on any atom is -0.343 e. The van der Waals surface area contributed by atoms with Gasteiger partial charge in [0.05, 0.1) is 17.9 Å². The first-order valence-corrected chi connectivity index (χ1v) is 11.4. The fourth-order valence-corrected chi connectivity index (χ4v) is 4.29. The standard InChI is InChI=1S/C25H25FN4O3S/c1-15-11-16(2)24(17(3)12-15)29-23(33)13-27-22(32)10-9-19-14-34-25(28-19)30(18(4)31)21-8-6-5-7-20(21)26/h5-12,14H,13H2,1-4H3,(H,27,32)(H,29,33)/b10-9+. The van der Waals surface area contributed by atoms with Crippen molar-refractivity contribution in [1.82, 2.24) is 10.3 Å². The van der Waals surface area contributed by atoms with E-state index in [-0.39, 0.29) is 23.3 Å². The maximum atomic E-state index is 14.2. The molecule has 0 radical (unpaired) electrons. The molecule has 7 nitrogen and oxygen atoms in total. The molecule has 0 aliphatic heterocycles.